The van der Waals surface area contributed by atoms with E-state index in [1.807, 2.05) is 30.3 Å². The third-order valence-corrected chi connectivity index (χ3v) is 3.92. The Bertz CT molecular complexity index is 516. The number of carbonyl (C=O) groups excluding carboxylic acids is 1. The summed E-state index contributed by atoms with van der Waals surface area (Å²) in [7, 11) is 0. The van der Waals surface area contributed by atoms with Crippen molar-refractivity contribution in [2.45, 2.75) is 18.5 Å². The average molecular weight is 232 g/mol. The van der Waals surface area contributed by atoms with Crippen LogP contribution in [-0.2, 0) is 0 Å². The Kier molecular flexibility index (Phi) is 2.19. The molecule has 1 heterocycles. The Morgan fingerprint density at radius 2 is 2.19 bits per heavy atom. The Balaban J connectivity index is 1.85. The van der Waals surface area contributed by atoms with Crippen LogP contribution in [0, 0.1) is 0 Å². The second kappa shape index (κ2) is 3.57. The molecular formula is C12H12N2OS. The molecule has 1 amide bonds. The molecule has 1 saturated carbocycles. The molecule has 2 unspecified atom stereocenters. The smallest absolute Gasteiger partial charge is 0.261 e. The number of nitrogens with one attached hydrogen (secondary N) is 1. The summed E-state index contributed by atoms with van der Waals surface area (Å²) in [5.41, 5.74) is 5.66. The van der Waals surface area contributed by atoms with Crippen LogP contribution in [0.3, 0.4) is 0 Å². The minimum absolute atomic E-state index is 0.000787. The molecule has 0 aliphatic heterocycles. The molecule has 2 atom stereocenters. The Morgan fingerprint density at radius 3 is 2.88 bits per heavy atom. The monoisotopic (exact) mass is 232 g/mol. The van der Waals surface area contributed by atoms with Crippen LogP contribution < -0.4 is 11.1 Å². The van der Waals surface area contributed by atoms with Crippen LogP contribution in [0.25, 0.3) is 10.1 Å². The second-order valence-electron chi connectivity index (χ2n) is 4.13. The summed E-state index contributed by atoms with van der Waals surface area (Å²) >= 11 is 1.52. The third-order valence-electron chi connectivity index (χ3n) is 2.81. The summed E-state index contributed by atoms with van der Waals surface area (Å²) < 4.78 is 1.15. The Labute approximate surface area is 97.3 Å². The molecule has 82 valence electrons. The highest BCUT2D eigenvalue weighted by Gasteiger charge is 2.35. The number of thiophene rings is 1. The van der Waals surface area contributed by atoms with Crippen molar-refractivity contribution in [3.05, 3.63) is 35.2 Å². The van der Waals surface area contributed by atoms with E-state index >= 15 is 0 Å². The third kappa shape index (κ3) is 1.70. The minimum Gasteiger partial charge on any atom is -0.347 e. The molecule has 0 spiro atoms. The lowest BCUT2D eigenvalue weighted by Crippen LogP contribution is -2.28. The summed E-state index contributed by atoms with van der Waals surface area (Å²) in [5, 5.41) is 4.05. The van der Waals surface area contributed by atoms with Crippen LogP contribution in [-0.4, -0.2) is 18.0 Å². The van der Waals surface area contributed by atoms with Gasteiger partial charge in [-0.25, -0.2) is 0 Å². The average Bonchev–Trinajstić information content (AvgIpc) is 2.82. The van der Waals surface area contributed by atoms with Crippen LogP contribution >= 0.6 is 11.3 Å². The topological polar surface area (TPSA) is 55.1 Å². The van der Waals surface area contributed by atoms with Gasteiger partial charge in [-0.1, -0.05) is 18.2 Å². The SMILES string of the molecule is NC1CC1NC(=O)c1cc2ccccc2s1. The van der Waals surface area contributed by atoms with Gasteiger partial charge in [-0.3, -0.25) is 4.79 Å². The zero-order valence-corrected chi connectivity index (χ0v) is 9.46. The summed E-state index contributed by atoms with van der Waals surface area (Å²) in [4.78, 5) is 12.6. The van der Waals surface area contributed by atoms with Crippen LogP contribution in [0.2, 0.25) is 0 Å². The minimum atomic E-state index is -0.000787. The lowest BCUT2D eigenvalue weighted by molar-refractivity contribution is 0.0954. The quantitative estimate of drug-likeness (QED) is 0.828. The van der Waals surface area contributed by atoms with Gasteiger partial charge in [0.05, 0.1) is 4.88 Å². The van der Waals surface area contributed by atoms with Crippen molar-refractivity contribution in [1.82, 2.24) is 5.32 Å². The number of benzene rings is 1. The first-order valence-corrected chi connectivity index (χ1v) is 6.11. The molecule has 4 heteroatoms. The number of hydrogen-bond donors (Lipinski definition) is 2. The number of carbonyl (C=O) groups is 1. The molecule has 1 fully saturated rings. The summed E-state index contributed by atoms with van der Waals surface area (Å²) in [6.45, 7) is 0. The van der Waals surface area contributed by atoms with E-state index in [1.54, 1.807) is 0 Å². The van der Waals surface area contributed by atoms with Crippen LogP contribution in [0.4, 0.5) is 0 Å². The van der Waals surface area contributed by atoms with E-state index < -0.39 is 0 Å². The fraction of sp³-hybridized carbons (Fsp3) is 0.250. The zero-order valence-electron chi connectivity index (χ0n) is 8.64. The van der Waals surface area contributed by atoms with Crippen molar-refractivity contribution in [2.24, 2.45) is 5.73 Å². The number of fused-ring (bicyclic) bond motifs is 1. The predicted octanol–water partition coefficient (Wildman–Crippen LogP) is 1.73. The van der Waals surface area contributed by atoms with Crippen molar-refractivity contribution in [1.29, 1.82) is 0 Å². The van der Waals surface area contributed by atoms with E-state index in [-0.39, 0.29) is 18.0 Å². The molecule has 1 aromatic carbocycles. The highest BCUT2D eigenvalue weighted by atomic mass is 32.1. The Morgan fingerprint density at radius 1 is 1.44 bits per heavy atom. The van der Waals surface area contributed by atoms with E-state index in [1.165, 1.54) is 11.3 Å². The molecule has 3 N–H and O–H groups in total. The maximum atomic E-state index is 11.9. The van der Waals surface area contributed by atoms with E-state index in [9.17, 15) is 4.79 Å². The number of hydrogen-bond acceptors (Lipinski definition) is 3. The van der Waals surface area contributed by atoms with Crippen molar-refractivity contribution in [3.63, 3.8) is 0 Å². The molecule has 1 aliphatic carbocycles. The lowest BCUT2D eigenvalue weighted by Gasteiger charge is -1.99. The molecule has 2 aromatic rings. The highest BCUT2D eigenvalue weighted by molar-refractivity contribution is 7.20. The molecule has 0 saturated heterocycles. The van der Waals surface area contributed by atoms with Crippen LogP contribution in [0.15, 0.2) is 30.3 Å². The van der Waals surface area contributed by atoms with E-state index in [0.29, 0.717) is 0 Å². The van der Waals surface area contributed by atoms with Gasteiger partial charge >= 0.3 is 0 Å². The molecule has 0 bridgehead atoms. The van der Waals surface area contributed by atoms with Crippen molar-refractivity contribution in [3.8, 4) is 0 Å². The van der Waals surface area contributed by atoms with Gasteiger partial charge in [0.15, 0.2) is 0 Å². The second-order valence-corrected chi connectivity index (χ2v) is 5.21. The van der Waals surface area contributed by atoms with E-state index in [0.717, 1.165) is 21.4 Å². The standard InChI is InChI=1S/C12H12N2OS/c13-8-6-9(8)14-12(15)11-5-7-3-1-2-4-10(7)16-11/h1-5,8-9H,6,13H2,(H,14,15). The van der Waals surface area contributed by atoms with Crippen molar-refractivity contribution < 1.29 is 4.79 Å². The zero-order chi connectivity index (χ0) is 11.1. The van der Waals surface area contributed by atoms with Gasteiger partial charge in [0.25, 0.3) is 5.91 Å². The fourth-order valence-electron chi connectivity index (χ4n) is 1.71. The number of rotatable bonds is 2. The van der Waals surface area contributed by atoms with Gasteiger partial charge < -0.3 is 11.1 Å². The first-order chi connectivity index (χ1) is 7.74. The first-order valence-electron chi connectivity index (χ1n) is 5.29. The predicted molar refractivity (Wildman–Crippen MR) is 65.7 cm³/mol. The van der Waals surface area contributed by atoms with Gasteiger partial charge in [-0.2, -0.15) is 0 Å². The molecule has 1 aromatic heterocycles. The maximum absolute atomic E-state index is 11.9. The summed E-state index contributed by atoms with van der Waals surface area (Å²) in [6.07, 6.45) is 0.899. The maximum Gasteiger partial charge on any atom is 0.261 e. The van der Waals surface area contributed by atoms with E-state index in [4.69, 9.17) is 5.73 Å². The molecule has 3 nitrogen and oxygen atoms in total. The number of nitrogens with two attached hydrogens (primary N) is 1. The Hall–Kier alpha value is -1.39. The fourth-order valence-corrected chi connectivity index (χ4v) is 2.68. The normalized spacial score (nSPS) is 23.3. The van der Waals surface area contributed by atoms with Crippen molar-refractivity contribution in [2.75, 3.05) is 0 Å². The molecule has 16 heavy (non-hydrogen) atoms. The van der Waals surface area contributed by atoms with Gasteiger partial charge in [0.1, 0.15) is 0 Å². The van der Waals surface area contributed by atoms with Gasteiger partial charge in [0.2, 0.25) is 0 Å². The molecule has 3 rings (SSSR count). The van der Waals surface area contributed by atoms with Crippen molar-refractivity contribution >= 4 is 27.3 Å². The largest absolute Gasteiger partial charge is 0.347 e. The van der Waals surface area contributed by atoms with E-state index in [2.05, 4.69) is 5.32 Å². The van der Waals surface area contributed by atoms with Gasteiger partial charge in [-0.05, 0) is 23.9 Å². The summed E-state index contributed by atoms with van der Waals surface area (Å²) in [6, 6.07) is 10.3. The number of amides is 1. The van der Waals surface area contributed by atoms with Gasteiger partial charge in [-0.15, -0.1) is 11.3 Å². The van der Waals surface area contributed by atoms with Crippen LogP contribution in [0.5, 0.6) is 0 Å². The van der Waals surface area contributed by atoms with Gasteiger partial charge in [0, 0.05) is 16.8 Å². The highest BCUT2D eigenvalue weighted by Crippen LogP contribution is 2.26. The molecule has 0 radical (unpaired) electrons. The molecular weight excluding hydrogens is 220 g/mol. The van der Waals surface area contributed by atoms with Crippen LogP contribution in [0.1, 0.15) is 16.1 Å². The first kappa shape index (κ1) is 9.81. The summed E-state index contributed by atoms with van der Waals surface area (Å²) in [5.74, 6) is -0.000787. The molecule has 1 aliphatic rings. The lowest BCUT2D eigenvalue weighted by atomic mass is 10.2.